The van der Waals surface area contributed by atoms with Gasteiger partial charge in [-0.15, -0.1) is 0 Å². The first-order valence-electron chi connectivity index (χ1n) is 8.01. The fourth-order valence-electron chi connectivity index (χ4n) is 2.31. The van der Waals surface area contributed by atoms with Crippen molar-refractivity contribution in [3.8, 4) is 5.69 Å². The third-order valence-electron chi connectivity index (χ3n) is 4.09. The molecule has 0 aliphatic rings. The molecule has 0 aliphatic heterocycles. The van der Waals surface area contributed by atoms with Crippen LogP contribution in [0.3, 0.4) is 0 Å². The van der Waals surface area contributed by atoms with Crippen molar-refractivity contribution in [2.45, 2.75) is 33.2 Å². The van der Waals surface area contributed by atoms with Crippen LogP contribution in [0.25, 0.3) is 5.69 Å². The van der Waals surface area contributed by atoms with Crippen LogP contribution in [0.5, 0.6) is 0 Å². The second-order valence-electron chi connectivity index (χ2n) is 6.43. The summed E-state index contributed by atoms with van der Waals surface area (Å²) >= 11 is 0. The number of nitrogens with zero attached hydrogens (tertiary/aromatic N) is 3. The van der Waals surface area contributed by atoms with Crippen molar-refractivity contribution in [2.75, 3.05) is 13.6 Å². The van der Waals surface area contributed by atoms with E-state index in [9.17, 15) is 4.79 Å². The molecule has 2 aromatic rings. The van der Waals surface area contributed by atoms with E-state index in [0.29, 0.717) is 18.0 Å². The SMILES string of the molecule is Cc1cnn(-c2ccc(C(=O)N(C)CCC(N)C(C)C)cc2)c1. The molecule has 0 aliphatic carbocycles. The van der Waals surface area contributed by atoms with Crippen molar-refractivity contribution in [1.82, 2.24) is 14.7 Å². The van der Waals surface area contributed by atoms with Gasteiger partial charge in [0.2, 0.25) is 0 Å². The van der Waals surface area contributed by atoms with E-state index in [1.54, 1.807) is 9.58 Å². The number of hydrogen-bond donors (Lipinski definition) is 1. The first-order valence-corrected chi connectivity index (χ1v) is 8.01. The Hall–Kier alpha value is -2.14. The molecule has 0 saturated heterocycles. The molecule has 124 valence electrons. The maximum atomic E-state index is 12.4. The Labute approximate surface area is 138 Å². The van der Waals surface area contributed by atoms with Crippen LogP contribution >= 0.6 is 0 Å². The lowest BCUT2D eigenvalue weighted by Crippen LogP contribution is -2.34. The third-order valence-corrected chi connectivity index (χ3v) is 4.09. The minimum atomic E-state index is 0.0177. The van der Waals surface area contributed by atoms with E-state index in [0.717, 1.165) is 17.7 Å². The molecule has 2 N–H and O–H groups in total. The molecule has 1 atom stereocenters. The molecule has 5 heteroatoms. The molecule has 0 radical (unpaired) electrons. The van der Waals surface area contributed by atoms with Crippen LogP contribution in [0.15, 0.2) is 36.7 Å². The second-order valence-corrected chi connectivity index (χ2v) is 6.43. The third kappa shape index (κ3) is 4.42. The van der Waals surface area contributed by atoms with Crippen LogP contribution < -0.4 is 5.73 Å². The highest BCUT2D eigenvalue weighted by molar-refractivity contribution is 5.94. The summed E-state index contributed by atoms with van der Waals surface area (Å²) in [5.74, 6) is 0.444. The number of carbonyl (C=O) groups excluding carboxylic acids is 1. The lowest BCUT2D eigenvalue weighted by atomic mass is 10.0. The minimum absolute atomic E-state index is 0.0177. The van der Waals surface area contributed by atoms with Crippen molar-refractivity contribution >= 4 is 5.91 Å². The smallest absolute Gasteiger partial charge is 0.253 e. The van der Waals surface area contributed by atoms with E-state index >= 15 is 0 Å². The topological polar surface area (TPSA) is 64.2 Å². The highest BCUT2D eigenvalue weighted by atomic mass is 16.2. The largest absolute Gasteiger partial charge is 0.342 e. The van der Waals surface area contributed by atoms with Gasteiger partial charge in [0.05, 0.1) is 11.9 Å². The molecule has 1 unspecified atom stereocenters. The molecule has 1 heterocycles. The Kier molecular flexibility index (Phi) is 5.55. The molecular formula is C18H26N4O. The van der Waals surface area contributed by atoms with Gasteiger partial charge in [-0.2, -0.15) is 5.10 Å². The van der Waals surface area contributed by atoms with Gasteiger partial charge in [-0.05, 0) is 49.1 Å². The number of aromatic nitrogens is 2. The Morgan fingerprint density at radius 1 is 1.30 bits per heavy atom. The Bertz CT molecular complexity index is 645. The summed E-state index contributed by atoms with van der Waals surface area (Å²) in [6.07, 6.45) is 4.58. The molecule has 1 amide bonds. The second kappa shape index (κ2) is 7.42. The molecule has 0 spiro atoms. The maximum absolute atomic E-state index is 12.4. The number of nitrogens with two attached hydrogens (primary N) is 1. The van der Waals surface area contributed by atoms with Gasteiger partial charge in [0.15, 0.2) is 0 Å². The highest BCUT2D eigenvalue weighted by Crippen LogP contribution is 2.12. The molecule has 1 aromatic carbocycles. The summed E-state index contributed by atoms with van der Waals surface area (Å²) in [4.78, 5) is 14.2. The van der Waals surface area contributed by atoms with Crippen LogP contribution in [-0.2, 0) is 0 Å². The van der Waals surface area contributed by atoms with Gasteiger partial charge in [0, 0.05) is 31.4 Å². The predicted octanol–water partition coefficient (Wildman–Crippen LogP) is 2.63. The summed E-state index contributed by atoms with van der Waals surface area (Å²) in [6, 6.07) is 7.62. The summed E-state index contributed by atoms with van der Waals surface area (Å²) in [6.45, 7) is 6.86. The fraction of sp³-hybridized carbons (Fsp3) is 0.444. The molecule has 0 bridgehead atoms. The Balaban J connectivity index is 1.99. The van der Waals surface area contributed by atoms with E-state index in [2.05, 4.69) is 18.9 Å². The molecule has 1 aromatic heterocycles. The van der Waals surface area contributed by atoms with Crippen LogP contribution in [0.2, 0.25) is 0 Å². The van der Waals surface area contributed by atoms with Crippen molar-refractivity contribution < 1.29 is 4.79 Å². The lowest BCUT2D eigenvalue weighted by molar-refractivity contribution is 0.0789. The van der Waals surface area contributed by atoms with Crippen molar-refractivity contribution in [1.29, 1.82) is 0 Å². The number of hydrogen-bond acceptors (Lipinski definition) is 3. The molecule has 23 heavy (non-hydrogen) atoms. The van der Waals surface area contributed by atoms with Crippen LogP contribution in [-0.4, -0.2) is 40.2 Å². The standard InChI is InChI=1S/C18H26N4O/c1-13(2)17(19)9-10-21(4)18(23)15-5-7-16(8-6-15)22-12-14(3)11-20-22/h5-8,11-13,17H,9-10,19H2,1-4H3. The van der Waals surface area contributed by atoms with Gasteiger partial charge >= 0.3 is 0 Å². The predicted molar refractivity (Wildman–Crippen MR) is 92.7 cm³/mol. The zero-order valence-corrected chi connectivity index (χ0v) is 14.4. The number of aryl methyl sites for hydroxylation is 1. The van der Waals surface area contributed by atoms with Crippen molar-refractivity contribution in [2.24, 2.45) is 11.7 Å². The zero-order chi connectivity index (χ0) is 17.0. The van der Waals surface area contributed by atoms with E-state index in [4.69, 9.17) is 5.73 Å². The molecule has 2 rings (SSSR count). The summed E-state index contributed by atoms with van der Waals surface area (Å²) in [7, 11) is 1.82. The average Bonchev–Trinajstić information content (AvgIpc) is 2.98. The molecule has 0 saturated carbocycles. The van der Waals surface area contributed by atoms with Crippen LogP contribution in [0.1, 0.15) is 36.2 Å². The number of benzene rings is 1. The van der Waals surface area contributed by atoms with Gasteiger partial charge in [0.1, 0.15) is 0 Å². The minimum Gasteiger partial charge on any atom is -0.342 e. The van der Waals surface area contributed by atoms with E-state index < -0.39 is 0 Å². The van der Waals surface area contributed by atoms with E-state index in [1.165, 1.54) is 0 Å². The zero-order valence-electron chi connectivity index (χ0n) is 14.4. The fourth-order valence-corrected chi connectivity index (χ4v) is 2.31. The number of amides is 1. The maximum Gasteiger partial charge on any atom is 0.253 e. The first-order chi connectivity index (χ1) is 10.9. The highest BCUT2D eigenvalue weighted by Gasteiger charge is 2.14. The van der Waals surface area contributed by atoms with Crippen LogP contribution in [0, 0.1) is 12.8 Å². The van der Waals surface area contributed by atoms with E-state index in [-0.39, 0.29) is 11.9 Å². The Morgan fingerprint density at radius 3 is 2.48 bits per heavy atom. The summed E-state index contributed by atoms with van der Waals surface area (Å²) < 4.78 is 1.80. The number of rotatable bonds is 6. The average molecular weight is 314 g/mol. The molecule has 0 fully saturated rings. The summed E-state index contributed by atoms with van der Waals surface area (Å²) in [5.41, 5.74) is 8.77. The molecular weight excluding hydrogens is 288 g/mol. The monoisotopic (exact) mass is 314 g/mol. The first kappa shape index (κ1) is 17.2. The Morgan fingerprint density at radius 2 is 1.96 bits per heavy atom. The number of carbonyl (C=O) groups is 1. The van der Waals surface area contributed by atoms with Crippen molar-refractivity contribution in [3.05, 3.63) is 47.8 Å². The van der Waals surface area contributed by atoms with Crippen LogP contribution in [0.4, 0.5) is 0 Å². The van der Waals surface area contributed by atoms with Gasteiger partial charge in [-0.25, -0.2) is 4.68 Å². The quantitative estimate of drug-likeness (QED) is 0.891. The van der Waals surface area contributed by atoms with Crippen molar-refractivity contribution in [3.63, 3.8) is 0 Å². The lowest BCUT2D eigenvalue weighted by Gasteiger charge is -2.21. The van der Waals surface area contributed by atoms with E-state index in [1.807, 2.05) is 50.6 Å². The van der Waals surface area contributed by atoms with Gasteiger partial charge in [-0.1, -0.05) is 13.8 Å². The molecule has 5 nitrogen and oxygen atoms in total. The summed E-state index contributed by atoms with van der Waals surface area (Å²) in [5, 5.41) is 4.27. The van der Waals surface area contributed by atoms with Gasteiger partial charge in [0.25, 0.3) is 5.91 Å². The van der Waals surface area contributed by atoms with Gasteiger partial charge in [-0.3, -0.25) is 4.79 Å². The normalized spacial score (nSPS) is 12.4. The van der Waals surface area contributed by atoms with Gasteiger partial charge < -0.3 is 10.6 Å².